The van der Waals surface area contributed by atoms with Crippen LogP contribution in [0, 0.1) is 13.8 Å². The highest BCUT2D eigenvalue weighted by Crippen LogP contribution is 2.47. The molecule has 142 valence electrons. The van der Waals surface area contributed by atoms with Gasteiger partial charge >= 0.3 is 11.6 Å². The molecule has 2 fully saturated rings. The summed E-state index contributed by atoms with van der Waals surface area (Å²) < 4.78 is 10.8. The fraction of sp³-hybridized carbons (Fsp3) is 0.450. The van der Waals surface area contributed by atoms with E-state index < -0.39 is 17.6 Å². The first kappa shape index (κ1) is 18.1. The first-order valence-electron chi connectivity index (χ1n) is 8.95. The average Bonchev–Trinajstić information content (AvgIpc) is 3.10. The van der Waals surface area contributed by atoms with Crippen LogP contribution in [-0.4, -0.2) is 33.4 Å². The molecule has 0 bridgehead atoms. The van der Waals surface area contributed by atoms with Crippen molar-refractivity contribution in [2.24, 2.45) is 0 Å². The number of ether oxygens (including phenoxy) is 1. The number of amides is 1. The second-order valence-corrected chi connectivity index (χ2v) is 8.90. The third-order valence-electron chi connectivity index (χ3n) is 5.53. The summed E-state index contributed by atoms with van der Waals surface area (Å²) in [6.45, 7) is 5.90. The van der Waals surface area contributed by atoms with Gasteiger partial charge < -0.3 is 14.1 Å². The average molecular weight is 387 g/mol. The second kappa shape index (κ2) is 6.41. The van der Waals surface area contributed by atoms with Crippen LogP contribution in [0.4, 0.5) is 0 Å². The quantitative estimate of drug-likeness (QED) is 0.595. The van der Waals surface area contributed by atoms with Gasteiger partial charge in [0.05, 0.1) is 4.87 Å². The van der Waals surface area contributed by atoms with Crippen LogP contribution in [0.5, 0.6) is 0 Å². The van der Waals surface area contributed by atoms with Gasteiger partial charge in [0.15, 0.2) is 0 Å². The number of hydrogen-bond donors (Lipinski definition) is 0. The Bertz CT molecular complexity index is 1010. The zero-order valence-electron chi connectivity index (χ0n) is 15.5. The normalized spacial score (nSPS) is 24.5. The molecular formula is C20H21NO5S. The molecular weight excluding hydrogens is 366 g/mol. The molecule has 1 aromatic heterocycles. The fourth-order valence-corrected chi connectivity index (χ4v) is 5.26. The number of benzene rings is 1. The van der Waals surface area contributed by atoms with Crippen molar-refractivity contribution in [3.8, 4) is 0 Å². The van der Waals surface area contributed by atoms with Gasteiger partial charge in [-0.2, -0.15) is 0 Å². The summed E-state index contributed by atoms with van der Waals surface area (Å²) in [7, 11) is 0. The maximum atomic E-state index is 12.7. The maximum absolute atomic E-state index is 12.7. The Hall–Kier alpha value is -2.28. The van der Waals surface area contributed by atoms with E-state index in [4.69, 9.17) is 9.15 Å². The molecule has 2 aromatic rings. The van der Waals surface area contributed by atoms with E-state index in [-0.39, 0.29) is 17.4 Å². The topological polar surface area (TPSA) is 76.8 Å². The number of fused-ring (bicyclic) bond motifs is 2. The number of rotatable bonds is 3. The Kier molecular flexibility index (Phi) is 4.29. The highest BCUT2D eigenvalue weighted by atomic mass is 32.2. The summed E-state index contributed by atoms with van der Waals surface area (Å²) in [6.07, 6.45) is 1.22. The molecule has 0 N–H and O–H groups in total. The third-order valence-corrected chi connectivity index (χ3v) is 7.04. The zero-order chi connectivity index (χ0) is 19.3. The monoisotopic (exact) mass is 387 g/mol. The van der Waals surface area contributed by atoms with Gasteiger partial charge in [-0.05, 0) is 50.5 Å². The lowest BCUT2D eigenvalue weighted by Crippen LogP contribution is -2.46. The molecule has 6 nitrogen and oxygen atoms in total. The van der Waals surface area contributed by atoms with E-state index in [9.17, 15) is 14.4 Å². The van der Waals surface area contributed by atoms with Crippen molar-refractivity contribution in [1.29, 1.82) is 0 Å². The predicted octanol–water partition coefficient (Wildman–Crippen LogP) is 2.91. The number of hydrogen-bond acceptors (Lipinski definition) is 6. The van der Waals surface area contributed by atoms with E-state index in [1.807, 2.05) is 32.9 Å². The van der Waals surface area contributed by atoms with E-state index in [0.29, 0.717) is 23.3 Å². The first-order chi connectivity index (χ1) is 12.8. The smallest absolute Gasteiger partial charge is 0.336 e. The minimum absolute atomic E-state index is 0.00125. The molecule has 27 heavy (non-hydrogen) atoms. The minimum atomic E-state index is -0.564. The molecule has 2 saturated heterocycles. The second-order valence-electron chi connectivity index (χ2n) is 7.40. The van der Waals surface area contributed by atoms with E-state index in [0.717, 1.165) is 22.9 Å². The van der Waals surface area contributed by atoms with Crippen LogP contribution in [-0.2, 0) is 20.9 Å². The third kappa shape index (κ3) is 3.04. The summed E-state index contributed by atoms with van der Waals surface area (Å²) in [5.41, 5.74) is 2.70. The van der Waals surface area contributed by atoms with Crippen LogP contribution in [0.2, 0.25) is 0 Å². The van der Waals surface area contributed by atoms with Gasteiger partial charge in [-0.25, -0.2) is 9.59 Å². The molecule has 1 aromatic carbocycles. The highest BCUT2D eigenvalue weighted by Gasteiger charge is 2.53. The Morgan fingerprint density at radius 1 is 1.30 bits per heavy atom. The molecule has 2 aliphatic heterocycles. The van der Waals surface area contributed by atoms with Crippen molar-refractivity contribution in [3.05, 3.63) is 45.3 Å². The largest absolute Gasteiger partial charge is 0.459 e. The zero-order valence-corrected chi connectivity index (χ0v) is 16.4. The summed E-state index contributed by atoms with van der Waals surface area (Å²) >= 11 is 1.62. The lowest BCUT2D eigenvalue weighted by Gasteiger charge is -2.29. The Balaban J connectivity index is 1.57. The molecule has 0 aliphatic carbocycles. The molecule has 2 atom stereocenters. The molecule has 0 saturated carbocycles. The molecule has 2 aliphatic rings. The molecule has 7 heteroatoms. The van der Waals surface area contributed by atoms with Gasteiger partial charge in [0.25, 0.3) is 0 Å². The fourth-order valence-electron chi connectivity index (χ4n) is 3.84. The van der Waals surface area contributed by atoms with Crippen LogP contribution < -0.4 is 5.63 Å². The Labute approximate surface area is 160 Å². The summed E-state index contributed by atoms with van der Waals surface area (Å²) in [4.78, 5) is 38.1. The number of carbonyl (C=O) groups excluding carboxylic acids is 2. The maximum Gasteiger partial charge on any atom is 0.336 e. The lowest BCUT2D eigenvalue weighted by molar-refractivity contribution is -0.154. The first-order valence-corrected chi connectivity index (χ1v) is 9.94. The van der Waals surface area contributed by atoms with Crippen molar-refractivity contribution in [2.45, 2.75) is 51.1 Å². The number of carbonyl (C=O) groups is 2. The summed E-state index contributed by atoms with van der Waals surface area (Å²) in [6, 6.07) is 4.55. The number of esters is 1. The Morgan fingerprint density at radius 3 is 2.81 bits per heavy atom. The SMILES string of the molecule is Cc1cc2oc(=O)cc(COC(=O)[C@H]3CS[C@@]4(C)CCC(=O)N34)c2cc1C. The minimum Gasteiger partial charge on any atom is -0.459 e. The van der Waals surface area contributed by atoms with Gasteiger partial charge in [0, 0.05) is 29.2 Å². The summed E-state index contributed by atoms with van der Waals surface area (Å²) in [5, 5.41) is 0.758. The van der Waals surface area contributed by atoms with Gasteiger partial charge in [-0.1, -0.05) is 0 Å². The van der Waals surface area contributed by atoms with E-state index in [1.165, 1.54) is 6.07 Å². The van der Waals surface area contributed by atoms with Gasteiger partial charge in [0.1, 0.15) is 18.2 Å². The predicted molar refractivity (Wildman–Crippen MR) is 102 cm³/mol. The summed E-state index contributed by atoms with van der Waals surface area (Å²) in [5.74, 6) is 0.116. The standard InChI is InChI=1S/C20H21NO5S/c1-11-6-14-13(8-18(23)26-16(14)7-12(11)2)9-25-19(24)15-10-27-20(3)5-4-17(22)21(15)20/h6-8,15H,4-5,9-10H2,1-3H3/t15-,20+/m1/s1. The highest BCUT2D eigenvalue weighted by molar-refractivity contribution is 8.01. The van der Waals surface area contributed by atoms with Crippen molar-refractivity contribution in [1.82, 2.24) is 4.90 Å². The molecule has 4 rings (SSSR count). The van der Waals surface area contributed by atoms with Gasteiger partial charge in [-0.15, -0.1) is 11.8 Å². The number of aryl methyl sites for hydroxylation is 2. The molecule has 3 heterocycles. The van der Waals surface area contributed by atoms with Gasteiger partial charge in [0.2, 0.25) is 5.91 Å². The molecule has 0 spiro atoms. The van der Waals surface area contributed by atoms with Crippen LogP contribution in [0.15, 0.2) is 27.4 Å². The Morgan fingerprint density at radius 2 is 2.04 bits per heavy atom. The molecule has 1 amide bonds. The van der Waals surface area contributed by atoms with Crippen LogP contribution >= 0.6 is 11.8 Å². The van der Waals surface area contributed by atoms with Crippen LogP contribution in [0.25, 0.3) is 11.0 Å². The number of thioether (sulfide) groups is 1. The van der Waals surface area contributed by atoms with Crippen LogP contribution in [0.1, 0.15) is 36.5 Å². The van der Waals surface area contributed by atoms with Crippen molar-refractivity contribution in [2.75, 3.05) is 5.75 Å². The molecule has 0 unspecified atom stereocenters. The van der Waals surface area contributed by atoms with E-state index >= 15 is 0 Å². The van der Waals surface area contributed by atoms with E-state index in [1.54, 1.807) is 16.7 Å². The van der Waals surface area contributed by atoms with Crippen LogP contribution in [0.3, 0.4) is 0 Å². The van der Waals surface area contributed by atoms with Crippen molar-refractivity contribution < 1.29 is 18.7 Å². The van der Waals surface area contributed by atoms with Crippen molar-refractivity contribution >= 4 is 34.6 Å². The molecule has 0 radical (unpaired) electrons. The number of nitrogens with zero attached hydrogens (tertiary/aromatic N) is 1. The lowest BCUT2D eigenvalue weighted by atomic mass is 10.0. The van der Waals surface area contributed by atoms with E-state index in [2.05, 4.69) is 0 Å². The van der Waals surface area contributed by atoms with Gasteiger partial charge in [-0.3, -0.25) is 4.79 Å². The van der Waals surface area contributed by atoms with Crippen molar-refractivity contribution in [3.63, 3.8) is 0 Å².